The van der Waals surface area contributed by atoms with E-state index in [1.165, 1.54) is 37.0 Å². The molecule has 0 spiro atoms. The summed E-state index contributed by atoms with van der Waals surface area (Å²) in [5.74, 6) is -14.5. The maximum atomic E-state index is 14.4. The van der Waals surface area contributed by atoms with Gasteiger partial charge in [0.05, 0.1) is 19.4 Å². The van der Waals surface area contributed by atoms with Crippen LogP contribution < -0.4 is 0 Å². The molecular formula is C30H25F5O3S3. The van der Waals surface area contributed by atoms with E-state index in [2.05, 4.69) is 13.0 Å². The first kappa shape index (κ1) is 29.8. The molecule has 1 aliphatic carbocycles. The summed E-state index contributed by atoms with van der Waals surface area (Å²) >= 11 is 3.71. The molecule has 3 heterocycles. The quantitative estimate of drug-likeness (QED) is 0.0532. The molecule has 0 N–H and O–H groups in total. The predicted molar refractivity (Wildman–Crippen MR) is 152 cm³/mol. The second-order valence-electron chi connectivity index (χ2n) is 10.2. The molecular weight excluding hydrogens is 600 g/mol. The van der Waals surface area contributed by atoms with Crippen LogP contribution >= 0.6 is 34.4 Å². The number of carbonyl (C=O) groups excluding carboxylic acids is 3. The molecule has 5 rings (SSSR count). The molecule has 0 fully saturated rings. The number of benzene rings is 1. The fraction of sp³-hybridized carbons (Fsp3) is 0.367. The molecule has 41 heavy (non-hydrogen) atoms. The highest BCUT2D eigenvalue weighted by Crippen LogP contribution is 2.55. The Morgan fingerprint density at radius 2 is 1.34 bits per heavy atom. The number of rotatable bonds is 11. The zero-order valence-electron chi connectivity index (χ0n) is 22.0. The van der Waals surface area contributed by atoms with Crippen molar-refractivity contribution in [2.75, 3.05) is 0 Å². The van der Waals surface area contributed by atoms with Crippen LogP contribution in [0.15, 0.2) is 23.6 Å². The summed E-state index contributed by atoms with van der Waals surface area (Å²) in [6.45, 7) is 2.18. The largest absolute Gasteiger partial charge is 0.287 e. The summed E-state index contributed by atoms with van der Waals surface area (Å²) < 4.78 is 69.5. The number of carbonyl (C=O) groups is 3. The molecule has 216 valence electrons. The molecule has 0 bridgehead atoms. The molecule has 1 unspecified atom stereocenters. The van der Waals surface area contributed by atoms with E-state index in [9.17, 15) is 36.3 Å². The monoisotopic (exact) mass is 624 g/mol. The van der Waals surface area contributed by atoms with E-state index < -0.39 is 56.9 Å². The van der Waals surface area contributed by atoms with Gasteiger partial charge in [0.1, 0.15) is 5.56 Å². The Bertz CT molecular complexity index is 1550. The van der Waals surface area contributed by atoms with Gasteiger partial charge in [0.15, 0.2) is 23.3 Å². The predicted octanol–water partition coefficient (Wildman–Crippen LogP) is 9.77. The van der Waals surface area contributed by atoms with E-state index in [4.69, 9.17) is 0 Å². The van der Waals surface area contributed by atoms with Crippen LogP contribution in [0.3, 0.4) is 0 Å². The highest BCUT2D eigenvalue weighted by molar-refractivity contribution is 8.03. The summed E-state index contributed by atoms with van der Waals surface area (Å²) in [5.41, 5.74) is -1.52. The third-order valence-electron chi connectivity index (χ3n) is 7.50. The van der Waals surface area contributed by atoms with Crippen molar-refractivity contribution in [3.05, 3.63) is 79.1 Å². The molecule has 1 atom stereocenters. The van der Waals surface area contributed by atoms with Crippen LogP contribution in [0.1, 0.15) is 106 Å². The van der Waals surface area contributed by atoms with E-state index in [1.807, 2.05) is 5.41 Å². The first-order chi connectivity index (χ1) is 19.6. The lowest BCUT2D eigenvalue weighted by atomic mass is 9.91. The van der Waals surface area contributed by atoms with E-state index >= 15 is 0 Å². The SMILES string of the molecule is CCCCCCCCCC1(c2cc3c(s2)-c2sc(C(=O)c4c(F)c(F)c(F)c(F)c4F)cc2C(=O)C3=O)CC=CS1. The fourth-order valence-electron chi connectivity index (χ4n) is 5.24. The number of allylic oxidation sites excluding steroid dienone is 1. The number of fused-ring (bicyclic) bond motifs is 3. The molecule has 1 aromatic carbocycles. The van der Waals surface area contributed by atoms with Gasteiger partial charge in [-0.1, -0.05) is 57.9 Å². The van der Waals surface area contributed by atoms with Gasteiger partial charge in [-0.2, -0.15) is 0 Å². The van der Waals surface area contributed by atoms with Gasteiger partial charge in [-0.15, -0.1) is 34.4 Å². The maximum Gasteiger partial charge on any atom is 0.235 e. The summed E-state index contributed by atoms with van der Waals surface area (Å²) in [5, 5.41) is 2.03. The van der Waals surface area contributed by atoms with E-state index in [1.54, 1.807) is 17.8 Å². The number of Topliss-reactive ketones (excluding diaryl/α,β-unsaturated/α-hetero) is 2. The van der Waals surface area contributed by atoms with Crippen molar-refractivity contribution in [3.8, 4) is 9.75 Å². The number of thioether (sulfide) groups is 1. The third-order valence-corrected chi connectivity index (χ3v) is 11.6. The second-order valence-corrected chi connectivity index (χ2v) is 13.6. The summed E-state index contributed by atoms with van der Waals surface area (Å²) in [6, 6.07) is 2.73. The first-order valence-corrected chi connectivity index (χ1v) is 15.9. The minimum absolute atomic E-state index is 0.119. The number of unbranched alkanes of at least 4 members (excludes halogenated alkanes) is 6. The lowest BCUT2D eigenvalue weighted by Crippen LogP contribution is -2.19. The Balaban J connectivity index is 1.46. The molecule has 0 radical (unpaired) electrons. The van der Waals surface area contributed by atoms with Crippen LogP contribution in [0, 0.1) is 29.1 Å². The number of hydrogen-bond acceptors (Lipinski definition) is 6. The molecule has 3 nitrogen and oxygen atoms in total. The van der Waals surface area contributed by atoms with Crippen molar-refractivity contribution in [3.63, 3.8) is 0 Å². The van der Waals surface area contributed by atoms with E-state index in [0.29, 0.717) is 16.2 Å². The van der Waals surface area contributed by atoms with Gasteiger partial charge < -0.3 is 0 Å². The standard InChI is InChI=1S/C30H25F5O3S3/c1-2-3-4-5-6-7-8-10-30(11-9-12-39-30)18-14-16-26(37)25(36)15-13-17(40-28(15)29(16)41-18)27(38)19-20(31)22(33)24(35)23(34)21(19)32/h9,12-14H,2-8,10-11H2,1H3. The average molecular weight is 625 g/mol. The Labute approximate surface area is 245 Å². The van der Waals surface area contributed by atoms with Crippen molar-refractivity contribution in [1.82, 2.24) is 0 Å². The topological polar surface area (TPSA) is 51.2 Å². The third kappa shape index (κ3) is 5.25. The Morgan fingerprint density at radius 3 is 1.95 bits per heavy atom. The van der Waals surface area contributed by atoms with Gasteiger partial charge in [0.2, 0.25) is 23.2 Å². The zero-order valence-corrected chi connectivity index (χ0v) is 24.5. The molecule has 0 saturated heterocycles. The van der Waals surface area contributed by atoms with E-state index in [0.717, 1.165) is 43.0 Å². The second kappa shape index (κ2) is 11.9. The minimum Gasteiger partial charge on any atom is -0.287 e. The number of halogens is 5. The first-order valence-electron chi connectivity index (χ1n) is 13.4. The molecule has 3 aromatic rings. The fourth-order valence-corrected chi connectivity index (χ4v) is 9.13. The van der Waals surface area contributed by atoms with Gasteiger partial charge in [-0.3, -0.25) is 14.4 Å². The van der Waals surface area contributed by atoms with Crippen LogP contribution in [0.2, 0.25) is 0 Å². The van der Waals surface area contributed by atoms with Crippen LogP contribution in [0.5, 0.6) is 0 Å². The van der Waals surface area contributed by atoms with Gasteiger partial charge >= 0.3 is 0 Å². The molecule has 2 aromatic heterocycles. The van der Waals surface area contributed by atoms with Crippen molar-refractivity contribution in [1.29, 1.82) is 0 Å². The number of hydrogen-bond donors (Lipinski definition) is 0. The zero-order chi connectivity index (χ0) is 29.5. The van der Waals surface area contributed by atoms with Crippen LogP contribution in [0.4, 0.5) is 22.0 Å². The molecule has 0 amide bonds. The van der Waals surface area contributed by atoms with Crippen LogP contribution in [0.25, 0.3) is 9.75 Å². The normalized spacial score (nSPS) is 17.8. The van der Waals surface area contributed by atoms with Crippen molar-refractivity contribution < 1.29 is 36.3 Å². The Morgan fingerprint density at radius 1 is 0.780 bits per heavy atom. The van der Waals surface area contributed by atoms with Crippen LogP contribution in [-0.4, -0.2) is 17.3 Å². The van der Waals surface area contributed by atoms with Gasteiger partial charge in [0, 0.05) is 16.0 Å². The summed E-state index contributed by atoms with van der Waals surface area (Å²) in [6.07, 6.45) is 11.8. The maximum absolute atomic E-state index is 14.4. The average Bonchev–Trinajstić information content (AvgIpc) is 3.72. The molecule has 11 heteroatoms. The van der Waals surface area contributed by atoms with Gasteiger partial charge in [-0.25, -0.2) is 22.0 Å². The highest BCUT2D eigenvalue weighted by atomic mass is 32.2. The van der Waals surface area contributed by atoms with Crippen molar-refractivity contribution >= 4 is 51.8 Å². The smallest absolute Gasteiger partial charge is 0.235 e. The van der Waals surface area contributed by atoms with Crippen molar-refractivity contribution in [2.24, 2.45) is 0 Å². The Kier molecular flexibility index (Phi) is 8.69. The highest BCUT2D eigenvalue weighted by Gasteiger charge is 2.41. The van der Waals surface area contributed by atoms with E-state index in [-0.39, 0.29) is 20.8 Å². The summed E-state index contributed by atoms with van der Waals surface area (Å²) in [4.78, 5) is 40.3. The minimum atomic E-state index is -2.37. The lowest BCUT2D eigenvalue weighted by molar-refractivity contribution is 0.0816. The molecule has 2 aliphatic rings. The number of ketones is 3. The summed E-state index contributed by atoms with van der Waals surface area (Å²) in [7, 11) is 0. The molecule has 1 aliphatic heterocycles. The van der Waals surface area contributed by atoms with Crippen LogP contribution in [-0.2, 0) is 4.75 Å². The van der Waals surface area contributed by atoms with Gasteiger partial charge in [0.25, 0.3) is 0 Å². The number of thiophene rings is 2. The lowest BCUT2D eigenvalue weighted by Gasteiger charge is -2.27. The van der Waals surface area contributed by atoms with Gasteiger partial charge in [-0.05, 0) is 30.4 Å². The van der Waals surface area contributed by atoms with Crippen molar-refractivity contribution in [2.45, 2.75) is 69.5 Å². The molecule has 0 saturated carbocycles. The Hall–Kier alpha value is -2.63.